The zero-order valence-corrected chi connectivity index (χ0v) is 13.2. The zero-order valence-electron chi connectivity index (χ0n) is 12.5. The highest BCUT2D eigenvalue weighted by molar-refractivity contribution is 6.33. The van der Waals surface area contributed by atoms with E-state index in [2.05, 4.69) is 9.80 Å². The molecule has 0 saturated carbocycles. The third kappa shape index (κ3) is 4.15. The van der Waals surface area contributed by atoms with Crippen molar-refractivity contribution < 1.29 is 9.18 Å². The maximum absolute atomic E-state index is 13.8. The molecule has 116 valence electrons. The van der Waals surface area contributed by atoms with Gasteiger partial charge in [0.25, 0.3) is 5.91 Å². The van der Waals surface area contributed by atoms with E-state index in [9.17, 15) is 9.18 Å². The summed E-state index contributed by atoms with van der Waals surface area (Å²) in [6.45, 7) is 4.81. The van der Waals surface area contributed by atoms with Crippen molar-refractivity contribution in [2.75, 3.05) is 53.4 Å². The SMILES string of the molecule is CN(C)CCN1CCN(C(=O)c2c(F)cccc2Cl)CC1. The topological polar surface area (TPSA) is 26.8 Å². The molecule has 0 radical (unpaired) electrons. The van der Waals surface area contributed by atoms with Crippen molar-refractivity contribution in [1.82, 2.24) is 14.7 Å². The standard InChI is InChI=1S/C15H21ClFN3O/c1-18(2)6-7-19-8-10-20(11-9-19)15(21)14-12(16)4-3-5-13(14)17/h3-5H,6-11H2,1-2H3. The summed E-state index contributed by atoms with van der Waals surface area (Å²) >= 11 is 5.95. The Kier molecular flexibility index (Phi) is 5.56. The summed E-state index contributed by atoms with van der Waals surface area (Å²) in [7, 11) is 4.08. The summed E-state index contributed by atoms with van der Waals surface area (Å²) in [5.74, 6) is -0.868. The van der Waals surface area contributed by atoms with Crippen LogP contribution in [0.5, 0.6) is 0 Å². The second-order valence-electron chi connectivity index (χ2n) is 5.53. The number of benzene rings is 1. The normalized spacial score (nSPS) is 16.5. The predicted octanol–water partition coefficient (Wildman–Crippen LogP) is 1.80. The first-order chi connectivity index (χ1) is 9.99. The first kappa shape index (κ1) is 16.2. The van der Waals surface area contributed by atoms with Gasteiger partial charge in [0.1, 0.15) is 5.82 Å². The van der Waals surface area contributed by atoms with Crippen LogP contribution in [0.15, 0.2) is 18.2 Å². The minimum Gasteiger partial charge on any atom is -0.336 e. The molecule has 2 rings (SSSR count). The number of nitrogens with zero attached hydrogens (tertiary/aromatic N) is 3. The lowest BCUT2D eigenvalue weighted by Crippen LogP contribution is -2.50. The summed E-state index contributed by atoms with van der Waals surface area (Å²) in [5, 5.41) is 0.176. The number of carbonyl (C=O) groups excluding carboxylic acids is 1. The van der Waals surface area contributed by atoms with E-state index in [0.29, 0.717) is 13.1 Å². The van der Waals surface area contributed by atoms with E-state index in [1.54, 1.807) is 11.0 Å². The fourth-order valence-electron chi connectivity index (χ4n) is 2.38. The quantitative estimate of drug-likeness (QED) is 0.848. The first-order valence-electron chi connectivity index (χ1n) is 7.09. The minimum atomic E-state index is -0.553. The maximum atomic E-state index is 13.8. The van der Waals surface area contributed by atoms with Crippen molar-refractivity contribution in [3.05, 3.63) is 34.6 Å². The van der Waals surface area contributed by atoms with Crippen molar-refractivity contribution in [2.45, 2.75) is 0 Å². The third-order valence-electron chi connectivity index (χ3n) is 3.70. The van der Waals surface area contributed by atoms with Crippen LogP contribution < -0.4 is 0 Å². The van der Waals surface area contributed by atoms with Gasteiger partial charge in [0.15, 0.2) is 0 Å². The molecule has 21 heavy (non-hydrogen) atoms. The number of hydrogen-bond acceptors (Lipinski definition) is 3. The Bertz CT molecular complexity index is 481. The summed E-state index contributed by atoms with van der Waals surface area (Å²) in [6, 6.07) is 4.32. The second kappa shape index (κ2) is 7.20. The van der Waals surface area contributed by atoms with Gasteiger partial charge in [-0.2, -0.15) is 0 Å². The summed E-state index contributed by atoms with van der Waals surface area (Å²) in [6.07, 6.45) is 0. The van der Waals surface area contributed by atoms with Gasteiger partial charge in [0.2, 0.25) is 0 Å². The molecule has 1 heterocycles. The number of amides is 1. The van der Waals surface area contributed by atoms with Gasteiger partial charge in [-0.1, -0.05) is 17.7 Å². The molecule has 6 heteroatoms. The Hall–Kier alpha value is -1.17. The van der Waals surface area contributed by atoms with E-state index in [1.807, 2.05) is 14.1 Å². The van der Waals surface area contributed by atoms with Crippen LogP contribution in [0.1, 0.15) is 10.4 Å². The van der Waals surface area contributed by atoms with Crippen LogP contribution in [-0.4, -0.2) is 74.0 Å². The number of halogens is 2. The summed E-state index contributed by atoms with van der Waals surface area (Å²) < 4.78 is 13.8. The fourth-order valence-corrected chi connectivity index (χ4v) is 2.62. The van der Waals surface area contributed by atoms with E-state index in [1.165, 1.54) is 12.1 Å². The molecule has 1 saturated heterocycles. The van der Waals surface area contributed by atoms with Gasteiger partial charge in [-0.05, 0) is 26.2 Å². The monoisotopic (exact) mass is 313 g/mol. The van der Waals surface area contributed by atoms with Gasteiger partial charge < -0.3 is 9.80 Å². The average molecular weight is 314 g/mol. The van der Waals surface area contributed by atoms with Crippen molar-refractivity contribution in [3.8, 4) is 0 Å². The van der Waals surface area contributed by atoms with Gasteiger partial charge in [0, 0.05) is 39.3 Å². The molecule has 1 amide bonds. The molecular weight excluding hydrogens is 293 g/mol. The van der Waals surface area contributed by atoms with Gasteiger partial charge in [-0.15, -0.1) is 0 Å². The van der Waals surface area contributed by atoms with E-state index in [4.69, 9.17) is 11.6 Å². The molecule has 1 aromatic rings. The third-order valence-corrected chi connectivity index (χ3v) is 4.01. The van der Waals surface area contributed by atoms with Crippen LogP contribution in [0, 0.1) is 5.82 Å². The summed E-state index contributed by atoms with van der Waals surface area (Å²) in [5.41, 5.74) is -0.0130. The Morgan fingerprint density at radius 2 is 1.95 bits per heavy atom. The number of rotatable bonds is 4. The lowest BCUT2D eigenvalue weighted by Gasteiger charge is -2.35. The van der Waals surface area contributed by atoms with E-state index in [0.717, 1.165) is 26.2 Å². The lowest BCUT2D eigenvalue weighted by atomic mass is 10.1. The van der Waals surface area contributed by atoms with Crippen LogP contribution in [0.25, 0.3) is 0 Å². The predicted molar refractivity (Wildman–Crippen MR) is 82.3 cm³/mol. The van der Waals surface area contributed by atoms with Crippen molar-refractivity contribution in [2.24, 2.45) is 0 Å². The highest BCUT2D eigenvalue weighted by Gasteiger charge is 2.25. The molecule has 0 N–H and O–H groups in total. The van der Waals surface area contributed by atoms with E-state index >= 15 is 0 Å². The van der Waals surface area contributed by atoms with Crippen LogP contribution in [0.4, 0.5) is 4.39 Å². The molecule has 0 aromatic heterocycles. The van der Waals surface area contributed by atoms with Crippen molar-refractivity contribution in [3.63, 3.8) is 0 Å². The fraction of sp³-hybridized carbons (Fsp3) is 0.533. The van der Waals surface area contributed by atoms with Gasteiger partial charge in [0.05, 0.1) is 10.6 Å². The van der Waals surface area contributed by atoms with Gasteiger partial charge >= 0.3 is 0 Å². The molecule has 1 aromatic carbocycles. The largest absolute Gasteiger partial charge is 0.336 e. The molecule has 4 nitrogen and oxygen atoms in total. The number of piperazine rings is 1. The van der Waals surface area contributed by atoms with Crippen LogP contribution >= 0.6 is 11.6 Å². The molecule has 1 aliphatic rings. The van der Waals surface area contributed by atoms with Gasteiger partial charge in [-0.25, -0.2) is 4.39 Å². The Morgan fingerprint density at radius 1 is 1.29 bits per heavy atom. The Balaban J connectivity index is 1.94. The number of likely N-dealkylation sites (N-methyl/N-ethyl adjacent to an activating group) is 1. The van der Waals surface area contributed by atoms with Crippen molar-refractivity contribution in [1.29, 1.82) is 0 Å². The van der Waals surface area contributed by atoms with Crippen molar-refractivity contribution >= 4 is 17.5 Å². The molecule has 0 aliphatic carbocycles. The highest BCUT2D eigenvalue weighted by atomic mass is 35.5. The molecule has 0 atom stereocenters. The molecule has 0 bridgehead atoms. The van der Waals surface area contributed by atoms with Gasteiger partial charge in [-0.3, -0.25) is 9.69 Å². The molecular formula is C15H21ClFN3O. The van der Waals surface area contributed by atoms with Crippen LogP contribution in [0.2, 0.25) is 5.02 Å². The first-order valence-corrected chi connectivity index (χ1v) is 7.47. The van der Waals surface area contributed by atoms with E-state index < -0.39 is 5.82 Å². The number of carbonyl (C=O) groups is 1. The smallest absolute Gasteiger partial charge is 0.258 e. The number of hydrogen-bond donors (Lipinski definition) is 0. The lowest BCUT2D eigenvalue weighted by molar-refractivity contribution is 0.0625. The summed E-state index contributed by atoms with van der Waals surface area (Å²) in [4.78, 5) is 18.5. The zero-order chi connectivity index (χ0) is 15.4. The van der Waals surface area contributed by atoms with Crippen LogP contribution in [-0.2, 0) is 0 Å². The highest BCUT2D eigenvalue weighted by Crippen LogP contribution is 2.21. The molecule has 1 aliphatic heterocycles. The van der Waals surface area contributed by atoms with Crippen LogP contribution in [0.3, 0.4) is 0 Å². The molecule has 1 fully saturated rings. The Labute approximate surface area is 130 Å². The average Bonchev–Trinajstić information content (AvgIpc) is 2.45. The minimum absolute atomic E-state index is 0.0130. The Morgan fingerprint density at radius 3 is 2.52 bits per heavy atom. The second-order valence-corrected chi connectivity index (χ2v) is 5.94. The maximum Gasteiger partial charge on any atom is 0.258 e. The molecule has 0 unspecified atom stereocenters. The molecule has 0 spiro atoms. The van der Waals surface area contributed by atoms with E-state index in [-0.39, 0.29) is 16.5 Å².